The van der Waals surface area contributed by atoms with Gasteiger partial charge in [-0.3, -0.25) is 19.3 Å². The predicted molar refractivity (Wildman–Crippen MR) is 183 cm³/mol. The largest absolute Gasteiger partial charge is 0.398 e. The predicted octanol–water partition coefficient (Wildman–Crippen LogP) is 2.38. The lowest BCUT2D eigenvalue weighted by Crippen LogP contribution is -2.30. The van der Waals surface area contributed by atoms with Crippen molar-refractivity contribution in [3.63, 3.8) is 0 Å². The summed E-state index contributed by atoms with van der Waals surface area (Å²) in [6, 6.07) is 3.51. The summed E-state index contributed by atoms with van der Waals surface area (Å²) < 4.78 is 11.5. The molecule has 16 heteroatoms. The molecule has 0 aliphatic heterocycles. The molecule has 0 aliphatic carbocycles. The molecule has 2 aromatic heterocycles. The zero-order valence-corrected chi connectivity index (χ0v) is 28.8. The Kier molecular flexibility index (Phi) is 23.0. The number of nitrogens with zero attached hydrogens (tertiary/aromatic N) is 7. The van der Waals surface area contributed by atoms with Gasteiger partial charge in [-0.05, 0) is 60.1 Å². The SMILES string of the molecule is CCNc1cc[nH]c(=O)c1C#N.COC(OC)N(C)C.[C-]#[N+]/C(C(N)=O)=C(\C)NCC.[C-]#[N+]c1c(/C=C/N(C)C)n(CC)cnc1=O. The summed E-state index contributed by atoms with van der Waals surface area (Å²) in [5, 5.41) is 14.4. The number of amides is 1. The van der Waals surface area contributed by atoms with Crippen LogP contribution in [0, 0.1) is 24.5 Å². The second-order valence-corrected chi connectivity index (χ2v) is 9.42. The van der Waals surface area contributed by atoms with Gasteiger partial charge in [0.25, 0.3) is 22.5 Å². The number of hydrogen-bond acceptors (Lipinski definition) is 11. The zero-order valence-electron chi connectivity index (χ0n) is 28.8. The van der Waals surface area contributed by atoms with E-state index in [9.17, 15) is 14.4 Å². The number of methoxy groups -OCH3 is 2. The van der Waals surface area contributed by atoms with Gasteiger partial charge < -0.3 is 40.3 Å². The van der Waals surface area contributed by atoms with Crippen LogP contribution < -0.4 is 27.5 Å². The molecule has 0 atom stereocenters. The Morgan fingerprint density at radius 3 is 2.19 bits per heavy atom. The van der Waals surface area contributed by atoms with Crippen LogP contribution in [0.1, 0.15) is 39.0 Å². The third-order valence-electron chi connectivity index (χ3n) is 5.46. The Labute approximate surface area is 276 Å². The van der Waals surface area contributed by atoms with Crippen molar-refractivity contribution in [2.24, 2.45) is 5.73 Å². The number of nitriles is 1. The van der Waals surface area contributed by atoms with Crippen LogP contribution >= 0.6 is 0 Å². The summed E-state index contributed by atoms with van der Waals surface area (Å²) in [7, 11) is 10.7. The van der Waals surface area contributed by atoms with E-state index >= 15 is 0 Å². The molecule has 2 rings (SSSR count). The standard InChI is InChI=1S/C11H14N4O.C8H9N3O.C7H11N3O.C5H13NO2/c1-5-15-8-13-11(16)10(12-2)9(15)6-7-14(3)4;1-2-10-7-3-4-11-8(12)6(7)5-9;1-4-10-5(2)6(9-3)7(8)11;1-6(2)5(7-3)8-4/h6-8H,5H2,1,3-4H3;3-4H,2H2,1H3,(H2,10,11,12);10H,4H2,1-2H3,(H2,8,11);5H,1-4H3/b7-6+;;6-5+;. The summed E-state index contributed by atoms with van der Waals surface area (Å²) in [6.07, 6.45) is 6.32. The first-order valence-corrected chi connectivity index (χ1v) is 14.3. The zero-order chi connectivity index (χ0) is 36.5. The van der Waals surface area contributed by atoms with Gasteiger partial charge in [-0.1, -0.05) is 0 Å². The molecule has 0 saturated heterocycles. The number of carbonyl (C=O) groups is 1. The van der Waals surface area contributed by atoms with Crippen molar-refractivity contribution in [2.75, 3.05) is 60.8 Å². The summed E-state index contributed by atoms with van der Waals surface area (Å²) in [4.78, 5) is 49.0. The molecular weight excluding hydrogens is 606 g/mol. The molecule has 47 heavy (non-hydrogen) atoms. The Morgan fingerprint density at radius 2 is 1.81 bits per heavy atom. The highest BCUT2D eigenvalue weighted by Crippen LogP contribution is 2.15. The molecule has 0 aromatic carbocycles. The average molecular weight is 654 g/mol. The van der Waals surface area contributed by atoms with E-state index in [0.29, 0.717) is 36.7 Å². The number of nitrogens with two attached hydrogens (primary N) is 1. The van der Waals surface area contributed by atoms with Crippen molar-refractivity contribution in [3.05, 3.63) is 91.0 Å². The van der Waals surface area contributed by atoms with Crippen molar-refractivity contribution < 1.29 is 14.3 Å². The van der Waals surface area contributed by atoms with E-state index in [-0.39, 0.29) is 28.9 Å². The molecule has 0 bridgehead atoms. The van der Waals surface area contributed by atoms with Gasteiger partial charge in [0.1, 0.15) is 11.6 Å². The summed E-state index contributed by atoms with van der Waals surface area (Å²) in [5.74, 6) is -0.682. The topological polar surface area (TPSA) is 192 Å². The molecule has 0 fully saturated rings. The first kappa shape index (κ1) is 43.7. The van der Waals surface area contributed by atoms with E-state index in [4.69, 9.17) is 33.6 Å². The van der Waals surface area contributed by atoms with Crippen LogP contribution in [0.4, 0.5) is 11.4 Å². The van der Waals surface area contributed by atoms with Crippen LogP contribution in [-0.4, -0.2) is 92.2 Å². The van der Waals surface area contributed by atoms with Crippen molar-refractivity contribution >= 4 is 23.4 Å². The number of aromatic amines is 1. The highest BCUT2D eigenvalue weighted by Gasteiger charge is 2.09. The number of aromatic nitrogens is 3. The molecule has 5 N–H and O–H groups in total. The highest BCUT2D eigenvalue weighted by molar-refractivity contribution is 5.94. The number of ether oxygens (including phenoxy) is 2. The van der Waals surface area contributed by atoms with E-state index in [1.807, 2.05) is 64.8 Å². The quantitative estimate of drug-likeness (QED) is 0.158. The molecule has 0 unspecified atom stereocenters. The molecule has 2 heterocycles. The Balaban J connectivity index is 0. The number of nitrogens with one attached hydrogen (secondary N) is 3. The molecule has 0 aliphatic rings. The number of primary amides is 1. The number of carbonyl (C=O) groups excluding carboxylic acids is 1. The van der Waals surface area contributed by atoms with Crippen molar-refractivity contribution in [2.45, 2.75) is 40.7 Å². The van der Waals surface area contributed by atoms with Crippen LogP contribution in [0.5, 0.6) is 0 Å². The third kappa shape index (κ3) is 16.4. The lowest BCUT2D eigenvalue weighted by atomic mass is 10.2. The number of allylic oxidation sites excluding steroid dienone is 1. The smallest absolute Gasteiger partial charge is 0.279 e. The van der Waals surface area contributed by atoms with Gasteiger partial charge in [-0.2, -0.15) is 5.26 Å². The van der Waals surface area contributed by atoms with Gasteiger partial charge in [-0.15, -0.1) is 0 Å². The number of H-pyrrole nitrogens is 1. The minimum absolute atomic E-state index is 0.0214. The van der Waals surface area contributed by atoms with Crippen LogP contribution in [0.2, 0.25) is 0 Å². The van der Waals surface area contributed by atoms with Crippen molar-refractivity contribution in [3.8, 4) is 6.07 Å². The van der Waals surface area contributed by atoms with Gasteiger partial charge in [-0.25, -0.2) is 14.7 Å². The molecule has 0 radical (unpaired) electrons. The number of pyridine rings is 1. The van der Waals surface area contributed by atoms with E-state index in [2.05, 4.69) is 30.3 Å². The monoisotopic (exact) mass is 653 g/mol. The lowest BCUT2D eigenvalue weighted by Gasteiger charge is -2.19. The minimum Gasteiger partial charge on any atom is -0.398 e. The Morgan fingerprint density at radius 1 is 1.19 bits per heavy atom. The van der Waals surface area contributed by atoms with Crippen molar-refractivity contribution in [1.82, 2.24) is 29.7 Å². The van der Waals surface area contributed by atoms with Gasteiger partial charge in [0.05, 0.1) is 30.9 Å². The molecule has 0 saturated carbocycles. The molecule has 1 amide bonds. The van der Waals surface area contributed by atoms with E-state index in [1.165, 1.54) is 12.5 Å². The van der Waals surface area contributed by atoms with E-state index in [0.717, 1.165) is 0 Å². The molecule has 2 aromatic rings. The van der Waals surface area contributed by atoms with Crippen LogP contribution in [-0.2, 0) is 20.8 Å². The van der Waals surface area contributed by atoms with Gasteiger partial charge in [0.2, 0.25) is 12.3 Å². The van der Waals surface area contributed by atoms with Crippen LogP contribution in [0.25, 0.3) is 15.8 Å². The normalized spacial score (nSPS) is 10.4. The fraction of sp³-hybridized carbons (Fsp3) is 0.452. The van der Waals surface area contributed by atoms with Crippen LogP contribution in [0.3, 0.4) is 0 Å². The van der Waals surface area contributed by atoms with Gasteiger partial charge in [0.15, 0.2) is 0 Å². The highest BCUT2D eigenvalue weighted by atomic mass is 16.7. The molecule has 256 valence electrons. The lowest BCUT2D eigenvalue weighted by molar-refractivity contribution is -0.179. The second kappa shape index (κ2) is 24.8. The van der Waals surface area contributed by atoms with Gasteiger partial charge in [0, 0.05) is 59.8 Å². The second-order valence-electron chi connectivity index (χ2n) is 9.42. The maximum atomic E-state index is 11.4. The van der Waals surface area contributed by atoms with Gasteiger partial charge >= 0.3 is 0 Å². The first-order chi connectivity index (χ1) is 22.2. The van der Waals surface area contributed by atoms with Crippen molar-refractivity contribution in [1.29, 1.82) is 5.26 Å². The fourth-order valence-corrected chi connectivity index (χ4v) is 3.36. The molecule has 16 nitrogen and oxygen atoms in total. The number of hydrogen-bond donors (Lipinski definition) is 4. The maximum Gasteiger partial charge on any atom is 0.279 e. The molecule has 0 spiro atoms. The molecular formula is C31H47N11O5. The minimum atomic E-state index is -0.682. The van der Waals surface area contributed by atoms with Crippen LogP contribution in [0.15, 0.2) is 45.8 Å². The summed E-state index contributed by atoms with van der Waals surface area (Å²) in [5.41, 5.74) is 6.02. The Bertz CT molecular complexity index is 1550. The number of aryl methyl sites for hydroxylation is 1. The van der Waals surface area contributed by atoms with E-state index in [1.54, 1.807) is 44.1 Å². The summed E-state index contributed by atoms with van der Waals surface area (Å²) >= 11 is 0. The maximum absolute atomic E-state index is 11.4. The summed E-state index contributed by atoms with van der Waals surface area (Å²) in [6.45, 7) is 23.1. The number of anilines is 1. The van der Waals surface area contributed by atoms with E-state index < -0.39 is 11.5 Å². The average Bonchev–Trinajstić information content (AvgIpc) is 3.02. The third-order valence-corrected chi connectivity index (χ3v) is 5.46. The Hall–Kier alpha value is -5.47. The fourth-order valence-electron chi connectivity index (χ4n) is 3.36. The number of rotatable bonds is 11. The first-order valence-electron chi connectivity index (χ1n) is 14.3.